The van der Waals surface area contributed by atoms with Crippen molar-refractivity contribution in [3.63, 3.8) is 0 Å². The molecule has 7 heteroatoms. The summed E-state index contributed by atoms with van der Waals surface area (Å²) >= 11 is 11.8. The largest absolute Gasteiger partial charge is 0.397 e. The second-order valence-electron chi connectivity index (χ2n) is 5.11. The number of halogens is 2. The van der Waals surface area contributed by atoms with Crippen molar-refractivity contribution >= 4 is 38.9 Å². The van der Waals surface area contributed by atoms with E-state index >= 15 is 0 Å². The Morgan fingerprint density at radius 3 is 2.50 bits per heavy atom. The standard InChI is InChI=1S/C17H16Cl2N2O2S/c1-12-5-7-15(8-6-12)24(22,23)21-9-3-2-4-13-10-14(18)11-16(19)17(13)20/h5-8,10-11,21H,3,9,20H2,1H3. The van der Waals surface area contributed by atoms with Crippen LogP contribution in [0.2, 0.25) is 10.0 Å². The number of anilines is 1. The van der Waals surface area contributed by atoms with Crippen molar-refractivity contribution in [2.24, 2.45) is 0 Å². The molecule has 0 aliphatic heterocycles. The first kappa shape index (κ1) is 18.6. The Kier molecular flexibility index (Phi) is 6.14. The van der Waals surface area contributed by atoms with Crippen LogP contribution in [0.15, 0.2) is 41.3 Å². The minimum absolute atomic E-state index is 0.192. The van der Waals surface area contributed by atoms with Crippen LogP contribution >= 0.6 is 23.2 Å². The second-order valence-corrected chi connectivity index (χ2v) is 7.72. The molecule has 2 rings (SSSR count). The molecule has 0 spiro atoms. The fourth-order valence-electron chi connectivity index (χ4n) is 1.89. The Morgan fingerprint density at radius 2 is 1.83 bits per heavy atom. The molecular weight excluding hydrogens is 367 g/mol. The van der Waals surface area contributed by atoms with Gasteiger partial charge < -0.3 is 5.73 Å². The molecule has 0 aliphatic rings. The van der Waals surface area contributed by atoms with Gasteiger partial charge in [0, 0.05) is 18.0 Å². The summed E-state index contributed by atoms with van der Waals surface area (Å²) in [7, 11) is -3.53. The average Bonchev–Trinajstić information content (AvgIpc) is 2.51. The number of nitrogen functional groups attached to an aromatic ring is 1. The molecular formula is C17H16Cl2N2O2S. The monoisotopic (exact) mass is 382 g/mol. The minimum Gasteiger partial charge on any atom is -0.397 e. The van der Waals surface area contributed by atoms with E-state index in [2.05, 4.69) is 16.6 Å². The maximum absolute atomic E-state index is 12.1. The van der Waals surface area contributed by atoms with E-state index in [0.717, 1.165) is 5.56 Å². The van der Waals surface area contributed by atoms with E-state index in [-0.39, 0.29) is 11.4 Å². The average molecular weight is 383 g/mol. The van der Waals surface area contributed by atoms with Gasteiger partial charge in [-0.25, -0.2) is 13.1 Å². The van der Waals surface area contributed by atoms with Gasteiger partial charge in [-0.3, -0.25) is 0 Å². The van der Waals surface area contributed by atoms with Crippen LogP contribution in [0.25, 0.3) is 0 Å². The molecule has 3 N–H and O–H groups in total. The molecule has 0 aliphatic carbocycles. The first-order valence-electron chi connectivity index (χ1n) is 7.09. The Morgan fingerprint density at radius 1 is 1.17 bits per heavy atom. The lowest BCUT2D eigenvalue weighted by molar-refractivity contribution is 0.582. The van der Waals surface area contributed by atoms with Crippen molar-refractivity contribution in [3.05, 3.63) is 57.6 Å². The number of benzene rings is 2. The van der Waals surface area contributed by atoms with Crippen molar-refractivity contribution in [1.29, 1.82) is 0 Å². The molecule has 0 aromatic heterocycles. The molecule has 0 bridgehead atoms. The van der Waals surface area contributed by atoms with Gasteiger partial charge in [0.1, 0.15) is 0 Å². The zero-order chi connectivity index (χ0) is 17.7. The number of hydrogen-bond donors (Lipinski definition) is 2. The van der Waals surface area contributed by atoms with Crippen molar-refractivity contribution in [3.8, 4) is 11.8 Å². The van der Waals surface area contributed by atoms with E-state index in [0.29, 0.717) is 27.7 Å². The van der Waals surface area contributed by atoms with Gasteiger partial charge in [-0.2, -0.15) is 0 Å². The zero-order valence-electron chi connectivity index (χ0n) is 12.9. The molecule has 24 heavy (non-hydrogen) atoms. The van der Waals surface area contributed by atoms with Crippen LogP contribution in [-0.2, 0) is 10.0 Å². The van der Waals surface area contributed by atoms with E-state index in [1.165, 1.54) is 0 Å². The van der Waals surface area contributed by atoms with Crippen LogP contribution in [0.1, 0.15) is 17.5 Å². The van der Waals surface area contributed by atoms with E-state index in [1.54, 1.807) is 36.4 Å². The Hall–Kier alpha value is -1.71. The molecule has 0 atom stereocenters. The molecule has 0 saturated heterocycles. The highest BCUT2D eigenvalue weighted by atomic mass is 35.5. The number of rotatable bonds is 4. The third-order valence-corrected chi connectivity index (χ3v) is 5.20. The minimum atomic E-state index is -3.53. The lowest BCUT2D eigenvalue weighted by atomic mass is 10.2. The van der Waals surface area contributed by atoms with Crippen LogP contribution in [0, 0.1) is 18.8 Å². The number of aryl methyl sites for hydroxylation is 1. The van der Waals surface area contributed by atoms with Gasteiger partial charge in [0.2, 0.25) is 10.0 Å². The maximum Gasteiger partial charge on any atom is 0.240 e. The summed E-state index contributed by atoms with van der Waals surface area (Å²) in [4.78, 5) is 0.229. The highest BCUT2D eigenvalue weighted by molar-refractivity contribution is 7.89. The summed E-state index contributed by atoms with van der Waals surface area (Å²) in [5, 5.41) is 0.783. The Bertz CT molecular complexity index is 899. The highest BCUT2D eigenvalue weighted by Crippen LogP contribution is 2.26. The van der Waals surface area contributed by atoms with Crippen molar-refractivity contribution in [2.45, 2.75) is 18.2 Å². The molecule has 2 aromatic rings. The van der Waals surface area contributed by atoms with Gasteiger partial charge in [0.05, 0.1) is 21.2 Å². The van der Waals surface area contributed by atoms with Crippen LogP contribution in [0.3, 0.4) is 0 Å². The molecule has 0 heterocycles. The van der Waals surface area contributed by atoms with Gasteiger partial charge in [-0.1, -0.05) is 52.7 Å². The summed E-state index contributed by atoms with van der Waals surface area (Å²) in [6.45, 7) is 2.09. The predicted molar refractivity (Wildman–Crippen MR) is 98.7 cm³/mol. The maximum atomic E-state index is 12.1. The smallest absolute Gasteiger partial charge is 0.240 e. The van der Waals surface area contributed by atoms with Crippen LogP contribution in [0.4, 0.5) is 5.69 Å². The van der Waals surface area contributed by atoms with Crippen molar-refractivity contribution in [1.82, 2.24) is 4.72 Å². The number of hydrogen-bond acceptors (Lipinski definition) is 3. The SMILES string of the molecule is Cc1ccc(S(=O)(=O)NCCC#Cc2cc(Cl)cc(Cl)c2N)cc1. The molecule has 126 valence electrons. The summed E-state index contributed by atoms with van der Waals surface area (Å²) in [5.41, 5.74) is 7.69. The molecule has 0 amide bonds. The van der Waals surface area contributed by atoms with Gasteiger partial charge in [-0.05, 0) is 31.2 Å². The Balaban J connectivity index is 1.98. The molecule has 0 fully saturated rings. The summed E-state index contributed by atoms with van der Waals surface area (Å²) < 4.78 is 26.7. The van der Waals surface area contributed by atoms with Gasteiger partial charge >= 0.3 is 0 Å². The van der Waals surface area contributed by atoms with E-state index < -0.39 is 10.0 Å². The number of sulfonamides is 1. The van der Waals surface area contributed by atoms with E-state index in [4.69, 9.17) is 28.9 Å². The topological polar surface area (TPSA) is 72.2 Å². The molecule has 0 saturated carbocycles. The van der Waals surface area contributed by atoms with Crippen molar-refractivity contribution in [2.75, 3.05) is 12.3 Å². The van der Waals surface area contributed by atoms with Crippen LogP contribution in [-0.4, -0.2) is 15.0 Å². The lowest BCUT2D eigenvalue weighted by Crippen LogP contribution is -2.24. The summed E-state index contributed by atoms with van der Waals surface area (Å²) in [5.74, 6) is 5.71. The van der Waals surface area contributed by atoms with E-state index in [9.17, 15) is 8.42 Å². The molecule has 4 nitrogen and oxygen atoms in total. The Labute approximate surface area is 152 Å². The van der Waals surface area contributed by atoms with Crippen LogP contribution < -0.4 is 10.5 Å². The lowest BCUT2D eigenvalue weighted by Gasteiger charge is -2.05. The normalized spacial score (nSPS) is 11.0. The molecule has 0 unspecified atom stereocenters. The second kappa shape index (κ2) is 7.91. The van der Waals surface area contributed by atoms with Gasteiger partial charge in [-0.15, -0.1) is 0 Å². The highest BCUT2D eigenvalue weighted by Gasteiger charge is 2.12. The third-order valence-electron chi connectivity index (χ3n) is 3.19. The molecule has 0 radical (unpaired) electrons. The fourth-order valence-corrected chi connectivity index (χ4v) is 3.42. The van der Waals surface area contributed by atoms with Gasteiger partial charge in [0.25, 0.3) is 0 Å². The van der Waals surface area contributed by atoms with Crippen molar-refractivity contribution < 1.29 is 8.42 Å². The van der Waals surface area contributed by atoms with E-state index in [1.807, 2.05) is 6.92 Å². The first-order valence-corrected chi connectivity index (χ1v) is 9.33. The van der Waals surface area contributed by atoms with Crippen LogP contribution in [0.5, 0.6) is 0 Å². The first-order chi connectivity index (χ1) is 11.3. The number of nitrogens with two attached hydrogens (primary N) is 1. The number of nitrogens with one attached hydrogen (secondary N) is 1. The summed E-state index contributed by atoms with van der Waals surface area (Å²) in [6, 6.07) is 9.79. The third kappa shape index (κ3) is 4.89. The zero-order valence-corrected chi connectivity index (χ0v) is 15.3. The summed E-state index contributed by atoms with van der Waals surface area (Å²) in [6.07, 6.45) is 0.328. The van der Waals surface area contributed by atoms with Gasteiger partial charge in [0.15, 0.2) is 0 Å². The quantitative estimate of drug-likeness (QED) is 0.481. The fraction of sp³-hybridized carbons (Fsp3) is 0.176. The predicted octanol–water partition coefficient (Wildman–Crippen LogP) is 3.60. The molecule has 2 aromatic carbocycles.